The number of halogens is 2. The second-order valence-electron chi connectivity index (χ2n) is 6.75. The SMILES string of the molecule is CC(C)CS(=O)(=O)c1sc(-c2ccc(Cl)cc2)nc1S(=O)(=O)c1ccc(Cl)cc1. The lowest BCUT2D eigenvalue weighted by Gasteiger charge is -2.08. The molecule has 0 N–H and O–H groups in total. The molecule has 29 heavy (non-hydrogen) atoms. The van der Waals surface area contributed by atoms with E-state index in [2.05, 4.69) is 4.98 Å². The van der Waals surface area contributed by atoms with E-state index in [4.69, 9.17) is 23.2 Å². The lowest BCUT2D eigenvalue weighted by atomic mass is 10.2. The zero-order valence-corrected chi connectivity index (χ0v) is 19.4. The van der Waals surface area contributed by atoms with E-state index in [0.717, 1.165) is 11.3 Å². The molecule has 3 aromatic rings. The molecule has 0 spiro atoms. The normalized spacial score (nSPS) is 12.4. The maximum atomic E-state index is 13.2. The molecule has 0 bridgehead atoms. The lowest BCUT2D eigenvalue weighted by molar-refractivity contribution is 0.574. The average molecular weight is 490 g/mol. The van der Waals surface area contributed by atoms with E-state index in [1.807, 2.05) is 0 Å². The molecule has 0 unspecified atom stereocenters. The summed E-state index contributed by atoms with van der Waals surface area (Å²) in [6.45, 7) is 3.51. The van der Waals surface area contributed by atoms with Gasteiger partial charge in [0.1, 0.15) is 5.01 Å². The van der Waals surface area contributed by atoms with Crippen LogP contribution in [0.3, 0.4) is 0 Å². The van der Waals surface area contributed by atoms with Gasteiger partial charge in [-0.1, -0.05) is 49.2 Å². The van der Waals surface area contributed by atoms with E-state index in [0.29, 0.717) is 15.6 Å². The Kier molecular flexibility index (Phi) is 6.41. The Balaban J connectivity index is 2.23. The molecule has 1 aromatic heterocycles. The van der Waals surface area contributed by atoms with Gasteiger partial charge in [-0.15, -0.1) is 11.3 Å². The molecule has 0 saturated carbocycles. The second kappa shape index (κ2) is 8.35. The Morgan fingerprint density at radius 1 is 0.897 bits per heavy atom. The van der Waals surface area contributed by atoms with Crippen molar-refractivity contribution in [1.82, 2.24) is 4.98 Å². The van der Waals surface area contributed by atoms with Crippen LogP contribution in [0, 0.1) is 5.92 Å². The van der Waals surface area contributed by atoms with Crippen molar-refractivity contribution < 1.29 is 16.8 Å². The zero-order chi connectivity index (χ0) is 21.4. The van der Waals surface area contributed by atoms with Gasteiger partial charge < -0.3 is 0 Å². The van der Waals surface area contributed by atoms with Gasteiger partial charge in [0.2, 0.25) is 9.84 Å². The molecule has 0 aliphatic carbocycles. The number of benzene rings is 2. The molecule has 0 fully saturated rings. The third-order valence-electron chi connectivity index (χ3n) is 3.87. The van der Waals surface area contributed by atoms with Crippen LogP contribution in [0.1, 0.15) is 13.8 Å². The predicted octanol–water partition coefficient (Wildman–Crippen LogP) is 5.38. The molecule has 1 heterocycles. The molecule has 154 valence electrons. The fourth-order valence-electron chi connectivity index (χ4n) is 2.61. The van der Waals surface area contributed by atoms with Gasteiger partial charge in [-0.2, -0.15) is 0 Å². The van der Waals surface area contributed by atoms with Gasteiger partial charge in [-0.25, -0.2) is 21.8 Å². The van der Waals surface area contributed by atoms with Crippen LogP contribution in [0.4, 0.5) is 0 Å². The summed E-state index contributed by atoms with van der Waals surface area (Å²) in [5, 5.41) is 0.704. The summed E-state index contributed by atoms with van der Waals surface area (Å²) in [7, 11) is -8.03. The van der Waals surface area contributed by atoms with Crippen molar-refractivity contribution in [2.75, 3.05) is 5.75 Å². The molecule has 0 aliphatic heterocycles. The van der Waals surface area contributed by atoms with Gasteiger partial charge in [-0.05, 0) is 42.3 Å². The van der Waals surface area contributed by atoms with Crippen molar-refractivity contribution in [2.24, 2.45) is 5.92 Å². The lowest BCUT2D eigenvalue weighted by Crippen LogP contribution is -2.14. The minimum atomic E-state index is -4.17. The fourth-order valence-corrected chi connectivity index (χ4v) is 8.23. The smallest absolute Gasteiger partial charge is 0.223 e. The Morgan fingerprint density at radius 2 is 1.41 bits per heavy atom. The number of aromatic nitrogens is 1. The number of hydrogen-bond donors (Lipinski definition) is 0. The van der Waals surface area contributed by atoms with Crippen molar-refractivity contribution >= 4 is 54.2 Å². The van der Waals surface area contributed by atoms with Crippen LogP contribution >= 0.6 is 34.5 Å². The fraction of sp³-hybridized carbons (Fsp3) is 0.211. The third kappa shape index (κ3) is 4.83. The van der Waals surface area contributed by atoms with Gasteiger partial charge in [0.15, 0.2) is 19.1 Å². The maximum Gasteiger partial charge on any atom is 0.226 e. The van der Waals surface area contributed by atoms with Gasteiger partial charge in [-0.3, -0.25) is 0 Å². The van der Waals surface area contributed by atoms with Crippen LogP contribution < -0.4 is 0 Å². The molecule has 5 nitrogen and oxygen atoms in total. The topological polar surface area (TPSA) is 81.2 Å². The zero-order valence-electron chi connectivity index (χ0n) is 15.5. The predicted molar refractivity (Wildman–Crippen MR) is 116 cm³/mol. The van der Waals surface area contributed by atoms with Crippen LogP contribution in [-0.2, 0) is 19.7 Å². The minimum Gasteiger partial charge on any atom is -0.223 e. The Morgan fingerprint density at radius 3 is 1.93 bits per heavy atom. The van der Waals surface area contributed by atoms with E-state index >= 15 is 0 Å². The summed E-state index contributed by atoms with van der Waals surface area (Å²) in [4.78, 5) is 4.16. The Hall–Kier alpha value is -1.45. The van der Waals surface area contributed by atoms with Crippen LogP contribution in [-0.4, -0.2) is 27.6 Å². The monoisotopic (exact) mass is 489 g/mol. The van der Waals surface area contributed by atoms with E-state index in [1.54, 1.807) is 38.1 Å². The van der Waals surface area contributed by atoms with Crippen LogP contribution in [0.5, 0.6) is 0 Å². The van der Waals surface area contributed by atoms with Crippen molar-refractivity contribution in [2.45, 2.75) is 28.0 Å². The first-order valence-corrected chi connectivity index (χ1v) is 13.2. The number of thiazole rings is 1. The Bertz CT molecular complexity index is 1230. The van der Waals surface area contributed by atoms with Crippen molar-refractivity contribution in [3.63, 3.8) is 0 Å². The number of sulfone groups is 2. The first kappa shape index (κ1) is 22.2. The highest BCUT2D eigenvalue weighted by atomic mass is 35.5. The molecule has 10 heteroatoms. The molecule has 0 saturated heterocycles. The van der Waals surface area contributed by atoms with E-state index in [-0.39, 0.29) is 25.8 Å². The van der Waals surface area contributed by atoms with E-state index in [1.165, 1.54) is 24.3 Å². The van der Waals surface area contributed by atoms with Gasteiger partial charge in [0.25, 0.3) is 0 Å². The van der Waals surface area contributed by atoms with Crippen molar-refractivity contribution in [1.29, 1.82) is 0 Å². The molecular weight excluding hydrogens is 473 g/mol. The third-order valence-corrected chi connectivity index (χ3v) is 10.1. The highest BCUT2D eigenvalue weighted by Crippen LogP contribution is 2.37. The van der Waals surface area contributed by atoms with Gasteiger partial charge >= 0.3 is 0 Å². The average Bonchev–Trinajstić information content (AvgIpc) is 3.09. The number of nitrogens with zero attached hydrogens (tertiary/aromatic N) is 1. The standard InChI is InChI=1S/C19H17Cl2NO4S3/c1-12(2)11-28(23,24)19-18(29(25,26)16-9-7-15(21)8-10-16)22-17(27-19)13-3-5-14(20)6-4-13/h3-10,12H,11H2,1-2H3. The summed E-state index contributed by atoms with van der Waals surface area (Å²) in [5.41, 5.74) is 0.581. The molecule has 0 aliphatic rings. The van der Waals surface area contributed by atoms with Gasteiger partial charge in [0.05, 0.1) is 10.6 Å². The molecule has 0 atom stereocenters. The number of rotatable bonds is 6. The summed E-state index contributed by atoms with van der Waals surface area (Å²) in [6, 6.07) is 12.1. The number of hydrogen-bond acceptors (Lipinski definition) is 6. The quantitative estimate of drug-likeness (QED) is 0.464. The van der Waals surface area contributed by atoms with Crippen molar-refractivity contribution in [3.8, 4) is 10.6 Å². The second-order valence-corrected chi connectivity index (χ2v) is 12.7. The Labute approximate surface area is 184 Å². The minimum absolute atomic E-state index is 0.0733. The molecule has 0 amide bonds. The summed E-state index contributed by atoms with van der Waals surface area (Å²) in [6.07, 6.45) is 0. The highest BCUT2D eigenvalue weighted by molar-refractivity contribution is 7.96. The first-order chi connectivity index (χ1) is 13.5. The molecule has 3 rings (SSSR count). The summed E-state index contributed by atoms with van der Waals surface area (Å²) >= 11 is 12.6. The molecule has 2 aromatic carbocycles. The largest absolute Gasteiger partial charge is 0.226 e. The first-order valence-electron chi connectivity index (χ1n) is 8.51. The van der Waals surface area contributed by atoms with E-state index < -0.39 is 24.7 Å². The van der Waals surface area contributed by atoms with E-state index in [9.17, 15) is 16.8 Å². The highest BCUT2D eigenvalue weighted by Gasteiger charge is 2.33. The maximum absolute atomic E-state index is 13.2. The summed E-state index contributed by atoms with van der Waals surface area (Å²) < 4.78 is 52.1. The van der Waals surface area contributed by atoms with Crippen LogP contribution in [0.15, 0.2) is 62.7 Å². The molecular formula is C19H17Cl2NO4S3. The summed E-state index contributed by atoms with van der Waals surface area (Å²) in [5.74, 6) is -0.356. The van der Waals surface area contributed by atoms with Crippen molar-refractivity contribution in [3.05, 3.63) is 58.6 Å². The van der Waals surface area contributed by atoms with Gasteiger partial charge in [0, 0.05) is 15.6 Å². The van der Waals surface area contributed by atoms with Crippen LogP contribution in [0.2, 0.25) is 10.0 Å². The molecule has 0 radical (unpaired) electrons. The van der Waals surface area contributed by atoms with Crippen LogP contribution in [0.25, 0.3) is 10.6 Å².